The minimum Gasteiger partial charge on any atom is -0.381 e. The zero-order valence-electron chi connectivity index (χ0n) is 9.34. The second-order valence-electron chi connectivity index (χ2n) is 5.19. The fraction of sp³-hybridized carbons (Fsp3) is 0.917. The lowest BCUT2D eigenvalue weighted by atomic mass is 9.73. The molecule has 0 atom stereocenters. The summed E-state index contributed by atoms with van der Waals surface area (Å²) in [5.74, 6) is 0.916. The van der Waals surface area contributed by atoms with Crippen LogP contribution in [0.4, 0.5) is 0 Å². The second kappa shape index (κ2) is 4.62. The Morgan fingerprint density at radius 1 is 1.33 bits per heavy atom. The van der Waals surface area contributed by atoms with Gasteiger partial charge in [0.05, 0.1) is 0 Å². The lowest BCUT2D eigenvalue weighted by molar-refractivity contribution is -0.122. The number of hydrogen-bond acceptors (Lipinski definition) is 3. The van der Waals surface area contributed by atoms with Gasteiger partial charge in [-0.25, -0.2) is 0 Å². The van der Waals surface area contributed by atoms with Crippen LogP contribution in [0.25, 0.3) is 0 Å². The van der Waals surface area contributed by atoms with Gasteiger partial charge in [-0.1, -0.05) is 0 Å². The normalized spacial score (nSPS) is 25.9. The molecule has 2 rings (SSSR count). The van der Waals surface area contributed by atoms with E-state index in [9.17, 15) is 4.79 Å². The van der Waals surface area contributed by atoms with Crippen molar-refractivity contribution in [2.75, 3.05) is 13.2 Å². The van der Waals surface area contributed by atoms with E-state index in [4.69, 9.17) is 10.5 Å². The number of nitrogens with two attached hydrogens (primary N) is 1. The van der Waals surface area contributed by atoms with Crippen molar-refractivity contribution in [2.24, 2.45) is 11.7 Å². The van der Waals surface area contributed by atoms with E-state index in [0.29, 0.717) is 18.1 Å². The summed E-state index contributed by atoms with van der Waals surface area (Å²) in [6.07, 6.45) is 6.68. The summed E-state index contributed by atoms with van der Waals surface area (Å²) in [4.78, 5) is 11.8. The summed E-state index contributed by atoms with van der Waals surface area (Å²) in [6.45, 7) is 1.65. The molecule has 2 aliphatic rings. The van der Waals surface area contributed by atoms with Crippen molar-refractivity contribution in [2.45, 2.75) is 50.5 Å². The molecule has 0 amide bonds. The highest BCUT2D eigenvalue weighted by atomic mass is 16.5. The molecule has 1 aliphatic carbocycles. The summed E-state index contributed by atoms with van der Waals surface area (Å²) >= 11 is 0. The van der Waals surface area contributed by atoms with E-state index in [0.717, 1.165) is 45.3 Å². The average molecular weight is 211 g/mol. The Balaban J connectivity index is 1.71. The van der Waals surface area contributed by atoms with Crippen molar-refractivity contribution in [3.8, 4) is 0 Å². The summed E-state index contributed by atoms with van der Waals surface area (Å²) in [6, 6.07) is 0. The lowest BCUT2D eigenvalue weighted by Crippen LogP contribution is -2.48. The summed E-state index contributed by atoms with van der Waals surface area (Å²) in [5.41, 5.74) is 5.93. The van der Waals surface area contributed by atoms with E-state index < -0.39 is 0 Å². The van der Waals surface area contributed by atoms with Gasteiger partial charge in [-0.15, -0.1) is 0 Å². The van der Waals surface area contributed by atoms with Crippen molar-refractivity contribution in [3.63, 3.8) is 0 Å². The van der Waals surface area contributed by atoms with E-state index in [1.54, 1.807) is 0 Å². The van der Waals surface area contributed by atoms with Crippen LogP contribution in [0.2, 0.25) is 0 Å². The van der Waals surface area contributed by atoms with Gasteiger partial charge in [0.2, 0.25) is 0 Å². The molecule has 15 heavy (non-hydrogen) atoms. The molecule has 3 nitrogen and oxygen atoms in total. The molecule has 1 saturated heterocycles. The molecule has 0 spiro atoms. The second-order valence-corrected chi connectivity index (χ2v) is 5.19. The highest BCUT2D eigenvalue weighted by Crippen LogP contribution is 2.33. The summed E-state index contributed by atoms with van der Waals surface area (Å²) in [7, 11) is 0. The van der Waals surface area contributed by atoms with E-state index >= 15 is 0 Å². The highest BCUT2D eigenvalue weighted by molar-refractivity contribution is 5.80. The molecule has 2 N–H and O–H groups in total. The molecule has 0 unspecified atom stereocenters. The molecule has 1 saturated carbocycles. The molecule has 0 aromatic rings. The highest BCUT2D eigenvalue weighted by Gasteiger charge is 2.34. The van der Waals surface area contributed by atoms with Crippen molar-refractivity contribution in [1.29, 1.82) is 0 Å². The third-order valence-electron chi connectivity index (χ3n) is 3.76. The van der Waals surface area contributed by atoms with E-state index in [-0.39, 0.29) is 5.54 Å². The Labute approximate surface area is 91.4 Å². The third kappa shape index (κ3) is 3.02. The van der Waals surface area contributed by atoms with Gasteiger partial charge in [0.15, 0.2) is 0 Å². The van der Waals surface area contributed by atoms with Gasteiger partial charge in [0.1, 0.15) is 5.78 Å². The maximum absolute atomic E-state index is 11.8. The quantitative estimate of drug-likeness (QED) is 0.769. The Bertz CT molecular complexity index is 230. The van der Waals surface area contributed by atoms with Crippen LogP contribution < -0.4 is 5.73 Å². The molecule has 3 heteroatoms. The third-order valence-corrected chi connectivity index (χ3v) is 3.76. The van der Waals surface area contributed by atoms with Crippen LogP contribution in [-0.4, -0.2) is 24.5 Å². The molecule has 0 bridgehead atoms. The van der Waals surface area contributed by atoms with Crippen LogP contribution in [-0.2, 0) is 9.53 Å². The number of ether oxygens (including phenoxy) is 1. The van der Waals surface area contributed by atoms with Gasteiger partial charge in [0.25, 0.3) is 0 Å². The largest absolute Gasteiger partial charge is 0.381 e. The molecular formula is C12H21NO2. The van der Waals surface area contributed by atoms with E-state index in [1.807, 2.05) is 0 Å². The first-order valence-electron chi connectivity index (χ1n) is 6.06. The Hall–Kier alpha value is -0.410. The van der Waals surface area contributed by atoms with Gasteiger partial charge < -0.3 is 10.5 Å². The van der Waals surface area contributed by atoms with Crippen molar-refractivity contribution >= 4 is 5.78 Å². The Morgan fingerprint density at radius 3 is 2.53 bits per heavy atom. The predicted molar refractivity (Wildman–Crippen MR) is 58.6 cm³/mol. The molecule has 0 aromatic carbocycles. The molecule has 1 aliphatic heterocycles. The number of Topliss-reactive ketones (excluding diaryl/α,β-unsaturated/α-hetero) is 1. The van der Waals surface area contributed by atoms with Gasteiger partial charge in [-0.3, -0.25) is 4.79 Å². The maximum atomic E-state index is 11.8. The predicted octanol–water partition coefficient (Wildman–Crippen LogP) is 1.64. The van der Waals surface area contributed by atoms with Gasteiger partial charge >= 0.3 is 0 Å². The van der Waals surface area contributed by atoms with Crippen molar-refractivity contribution < 1.29 is 9.53 Å². The van der Waals surface area contributed by atoms with Crippen LogP contribution in [0.15, 0.2) is 0 Å². The lowest BCUT2D eigenvalue weighted by Gasteiger charge is -2.38. The zero-order valence-corrected chi connectivity index (χ0v) is 9.34. The monoisotopic (exact) mass is 211 g/mol. The fourth-order valence-electron chi connectivity index (χ4n) is 2.55. The Kier molecular flexibility index (Phi) is 3.42. The summed E-state index contributed by atoms with van der Waals surface area (Å²) < 4.78 is 5.28. The molecule has 2 fully saturated rings. The standard InChI is InChI=1S/C12H21NO2/c13-12(4-1-5-12)9-11(14)8-10-2-6-15-7-3-10/h10H,1-9,13H2. The van der Waals surface area contributed by atoms with Gasteiger partial charge in [-0.05, 0) is 38.0 Å². The van der Waals surface area contributed by atoms with Crippen LogP contribution >= 0.6 is 0 Å². The first kappa shape index (κ1) is 11.1. The SMILES string of the molecule is NC1(CC(=O)CC2CCOCC2)CCC1. The van der Waals surface area contributed by atoms with E-state index in [1.165, 1.54) is 6.42 Å². The molecule has 0 aromatic heterocycles. The number of hydrogen-bond donors (Lipinski definition) is 1. The molecule has 86 valence electrons. The van der Waals surface area contributed by atoms with Crippen LogP contribution in [0.5, 0.6) is 0 Å². The fourth-order valence-corrected chi connectivity index (χ4v) is 2.55. The Morgan fingerprint density at radius 2 is 2.00 bits per heavy atom. The molecule has 1 heterocycles. The van der Waals surface area contributed by atoms with Crippen molar-refractivity contribution in [3.05, 3.63) is 0 Å². The minimum atomic E-state index is -0.137. The van der Waals surface area contributed by atoms with Crippen molar-refractivity contribution in [1.82, 2.24) is 0 Å². The topological polar surface area (TPSA) is 52.3 Å². The summed E-state index contributed by atoms with van der Waals surface area (Å²) in [5, 5.41) is 0. The zero-order chi connectivity index (χ0) is 10.7. The number of ketones is 1. The number of rotatable bonds is 4. The number of carbonyl (C=O) groups is 1. The van der Waals surface area contributed by atoms with Crippen LogP contribution in [0.3, 0.4) is 0 Å². The van der Waals surface area contributed by atoms with Crippen LogP contribution in [0.1, 0.15) is 44.9 Å². The number of carbonyl (C=O) groups excluding carboxylic acids is 1. The molecule has 0 radical (unpaired) electrons. The van der Waals surface area contributed by atoms with Crippen LogP contribution in [0, 0.1) is 5.92 Å². The van der Waals surface area contributed by atoms with Gasteiger partial charge in [-0.2, -0.15) is 0 Å². The first-order chi connectivity index (χ1) is 7.18. The minimum absolute atomic E-state index is 0.137. The molecular weight excluding hydrogens is 190 g/mol. The first-order valence-corrected chi connectivity index (χ1v) is 6.06. The smallest absolute Gasteiger partial charge is 0.135 e. The average Bonchev–Trinajstić information content (AvgIpc) is 2.16. The van der Waals surface area contributed by atoms with Gasteiger partial charge in [0, 0.05) is 31.6 Å². The van der Waals surface area contributed by atoms with E-state index in [2.05, 4.69) is 0 Å². The maximum Gasteiger partial charge on any atom is 0.135 e.